The van der Waals surface area contributed by atoms with Crippen LogP contribution in [0.15, 0.2) is 0 Å². The van der Waals surface area contributed by atoms with Gasteiger partial charge in [0.25, 0.3) is 6.43 Å². The fourth-order valence-corrected chi connectivity index (χ4v) is 1.71. The van der Waals surface area contributed by atoms with Gasteiger partial charge in [0.1, 0.15) is 0 Å². The molecular formula is C6H8ClF2N3OS. The molecule has 0 aromatic carbocycles. The Kier molecular flexibility index (Phi) is 4.43. The van der Waals surface area contributed by atoms with Crippen molar-refractivity contribution in [2.75, 3.05) is 24.6 Å². The second kappa shape index (κ2) is 5.38. The van der Waals surface area contributed by atoms with Gasteiger partial charge in [-0.1, -0.05) is 11.6 Å². The number of halogens is 3. The van der Waals surface area contributed by atoms with E-state index in [0.717, 1.165) is 11.7 Å². The Morgan fingerprint density at radius 1 is 1.50 bits per heavy atom. The number of alkyl halides is 2. The second-order valence-electron chi connectivity index (χ2n) is 2.44. The molecule has 0 aliphatic carbocycles. The SMILES string of the molecule is OCCN(CC(F)F)c1nsnc1Cl. The van der Waals surface area contributed by atoms with Crippen molar-refractivity contribution in [3.63, 3.8) is 0 Å². The summed E-state index contributed by atoms with van der Waals surface area (Å²) in [6, 6.07) is 0. The van der Waals surface area contributed by atoms with Crippen LogP contribution in [0.1, 0.15) is 0 Å². The smallest absolute Gasteiger partial charge is 0.255 e. The second-order valence-corrected chi connectivity index (χ2v) is 3.33. The first kappa shape index (κ1) is 11.5. The summed E-state index contributed by atoms with van der Waals surface area (Å²) in [7, 11) is 0. The molecule has 8 heteroatoms. The summed E-state index contributed by atoms with van der Waals surface area (Å²) in [5.41, 5.74) is 0. The van der Waals surface area contributed by atoms with E-state index in [1.807, 2.05) is 0 Å². The lowest BCUT2D eigenvalue weighted by Gasteiger charge is -2.20. The number of hydrogen-bond donors (Lipinski definition) is 1. The van der Waals surface area contributed by atoms with E-state index < -0.39 is 13.0 Å². The molecular weight excluding hydrogens is 236 g/mol. The number of aromatic nitrogens is 2. The van der Waals surface area contributed by atoms with Crippen LogP contribution in [0, 0.1) is 0 Å². The largest absolute Gasteiger partial charge is 0.395 e. The highest BCUT2D eigenvalue weighted by molar-refractivity contribution is 6.99. The lowest BCUT2D eigenvalue weighted by Crippen LogP contribution is -2.32. The van der Waals surface area contributed by atoms with Crippen LogP contribution in [0.2, 0.25) is 5.15 Å². The van der Waals surface area contributed by atoms with Crippen molar-refractivity contribution in [2.45, 2.75) is 6.43 Å². The van der Waals surface area contributed by atoms with E-state index in [2.05, 4.69) is 8.75 Å². The van der Waals surface area contributed by atoms with Crippen molar-refractivity contribution in [3.8, 4) is 0 Å². The van der Waals surface area contributed by atoms with Crippen LogP contribution >= 0.6 is 23.3 Å². The topological polar surface area (TPSA) is 49.2 Å². The van der Waals surface area contributed by atoms with Crippen LogP contribution in [0.4, 0.5) is 14.6 Å². The fourth-order valence-electron chi connectivity index (χ4n) is 0.933. The number of aliphatic hydroxyl groups is 1. The Labute approximate surface area is 88.4 Å². The molecule has 0 saturated carbocycles. The van der Waals surface area contributed by atoms with Gasteiger partial charge in [-0.2, -0.15) is 8.75 Å². The molecule has 1 aromatic heterocycles. The number of rotatable bonds is 5. The maximum absolute atomic E-state index is 12.1. The normalized spacial score (nSPS) is 10.9. The summed E-state index contributed by atoms with van der Waals surface area (Å²) < 4.78 is 31.7. The maximum atomic E-state index is 12.1. The van der Waals surface area contributed by atoms with Gasteiger partial charge in [-0.3, -0.25) is 0 Å². The molecule has 0 bridgehead atoms. The highest BCUT2D eigenvalue weighted by Gasteiger charge is 2.17. The first-order valence-corrected chi connectivity index (χ1v) is 4.88. The summed E-state index contributed by atoms with van der Waals surface area (Å²) in [6.07, 6.45) is -2.50. The van der Waals surface area contributed by atoms with Crippen LogP contribution in [0.3, 0.4) is 0 Å². The zero-order valence-electron chi connectivity index (χ0n) is 7.03. The average Bonchev–Trinajstić information content (AvgIpc) is 2.50. The lowest BCUT2D eigenvalue weighted by molar-refractivity contribution is 0.152. The van der Waals surface area contributed by atoms with Gasteiger partial charge in [0.05, 0.1) is 24.9 Å². The first-order valence-electron chi connectivity index (χ1n) is 3.77. The molecule has 1 rings (SSSR count). The minimum Gasteiger partial charge on any atom is -0.395 e. The molecule has 1 N–H and O–H groups in total. The molecule has 1 heterocycles. The van der Waals surface area contributed by atoms with Crippen LogP contribution in [-0.4, -0.2) is 40.0 Å². The molecule has 0 aliphatic heterocycles. The van der Waals surface area contributed by atoms with Gasteiger partial charge >= 0.3 is 0 Å². The van der Waals surface area contributed by atoms with Gasteiger partial charge in [-0.25, -0.2) is 8.78 Å². The molecule has 0 saturated heterocycles. The van der Waals surface area contributed by atoms with Crippen LogP contribution in [0.5, 0.6) is 0 Å². The summed E-state index contributed by atoms with van der Waals surface area (Å²) in [5.74, 6) is 0.200. The van der Waals surface area contributed by atoms with E-state index >= 15 is 0 Å². The summed E-state index contributed by atoms with van der Waals surface area (Å²) >= 11 is 6.47. The van der Waals surface area contributed by atoms with Gasteiger partial charge in [0.2, 0.25) is 0 Å². The van der Waals surface area contributed by atoms with Crippen molar-refractivity contribution in [1.82, 2.24) is 8.75 Å². The lowest BCUT2D eigenvalue weighted by atomic mass is 10.4. The minimum atomic E-state index is -2.50. The third-order valence-corrected chi connectivity index (χ3v) is 2.33. The molecule has 0 amide bonds. The van der Waals surface area contributed by atoms with Gasteiger partial charge < -0.3 is 10.0 Å². The molecule has 14 heavy (non-hydrogen) atoms. The molecule has 80 valence electrons. The average molecular weight is 244 g/mol. The number of anilines is 1. The van der Waals surface area contributed by atoms with Crippen molar-refractivity contribution in [3.05, 3.63) is 5.15 Å². The zero-order chi connectivity index (χ0) is 10.6. The Morgan fingerprint density at radius 2 is 2.21 bits per heavy atom. The third-order valence-electron chi connectivity index (χ3n) is 1.46. The van der Waals surface area contributed by atoms with Gasteiger partial charge in [0, 0.05) is 6.54 Å². The van der Waals surface area contributed by atoms with Crippen molar-refractivity contribution in [2.24, 2.45) is 0 Å². The minimum absolute atomic E-state index is 0.0650. The maximum Gasteiger partial charge on any atom is 0.255 e. The Bertz CT molecular complexity index is 286. The van der Waals surface area contributed by atoms with Crippen molar-refractivity contribution >= 4 is 29.1 Å². The van der Waals surface area contributed by atoms with Crippen LogP contribution < -0.4 is 4.90 Å². The van der Waals surface area contributed by atoms with Crippen molar-refractivity contribution in [1.29, 1.82) is 0 Å². The molecule has 0 radical (unpaired) electrons. The summed E-state index contributed by atoms with van der Waals surface area (Å²) in [6.45, 7) is -0.679. The number of nitrogens with zero attached hydrogens (tertiary/aromatic N) is 3. The van der Waals surface area contributed by atoms with Crippen molar-refractivity contribution < 1.29 is 13.9 Å². The Hall–Kier alpha value is -0.530. The Balaban J connectivity index is 2.72. The van der Waals surface area contributed by atoms with E-state index in [9.17, 15) is 8.78 Å². The molecule has 0 unspecified atom stereocenters. The summed E-state index contributed by atoms with van der Waals surface area (Å²) in [4.78, 5) is 1.20. The first-order chi connectivity index (χ1) is 6.65. The fraction of sp³-hybridized carbons (Fsp3) is 0.667. The molecule has 0 atom stereocenters. The van der Waals surface area contributed by atoms with Gasteiger partial charge in [-0.05, 0) is 0 Å². The zero-order valence-corrected chi connectivity index (χ0v) is 8.60. The molecule has 0 fully saturated rings. The predicted octanol–water partition coefficient (Wildman–Crippen LogP) is 1.26. The van der Waals surface area contributed by atoms with E-state index in [4.69, 9.17) is 16.7 Å². The van der Waals surface area contributed by atoms with E-state index in [1.165, 1.54) is 4.90 Å². The van der Waals surface area contributed by atoms with E-state index in [-0.39, 0.29) is 24.1 Å². The monoisotopic (exact) mass is 243 g/mol. The third kappa shape index (κ3) is 3.00. The van der Waals surface area contributed by atoms with Gasteiger partial charge in [0.15, 0.2) is 11.0 Å². The number of aliphatic hydroxyl groups excluding tert-OH is 1. The predicted molar refractivity (Wildman–Crippen MR) is 50.2 cm³/mol. The molecule has 0 spiro atoms. The van der Waals surface area contributed by atoms with Gasteiger partial charge in [-0.15, -0.1) is 0 Å². The van der Waals surface area contributed by atoms with Crippen LogP contribution in [-0.2, 0) is 0 Å². The molecule has 0 aliphatic rings. The highest BCUT2D eigenvalue weighted by Crippen LogP contribution is 2.23. The van der Waals surface area contributed by atoms with Crippen LogP contribution in [0.25, 0.3) is 0 Å². The summed E-state index contributed by atoms with van der Waals surface area (Å²) in [5, 5.41) is 8.75. The van der Waals surface area contributed by atoms with E-state index in [1.54, 1.807) is 0 Å². The van der Waals surface area contributed by atoms with E-state index in [0.29, 0.717) is 0 Å². The standard InChI is InChI=1S/C6H8ClF2N3OS/c7-5-6(11-14-10-5)12(1-2-13)3-4(8)9/h4,13H,1-3H2. The molecule has 4 nitrogen and oxygen atoms in total. The quantitative estimate of drug-likeness (QED) is 0.846. The highest BCUT2D eigenvalue weighted by atomic mass is 35.5. The Morgan fingerprint density at radius 3 is 2.64 bits per heavy atom. The number of hydrogen-bond acceptors (Lipinski definition) is 5. The molecule has 1 aromatic rings.